The van der Waals surface area contributed by atoms with Crippen LogP contribution in [0.25, 0.3) is 0 Å². The molecule has 0 aromatic rings. The van der Waals surface area contributed by atoms with Crippen LogP contribution in [0.1, 0.15) is 59.8 Å². The summed E-state index contributed by atoms with van der Waals surface area (Å²) >= 11 is 0. The molecule has 3 heteroatoms. The van der Waals surface area contributed by atoms with E-state index in [1.54, 1.807) is 0 Å². The fourth-order valence-electron chi connectivity index (χ4n) is 1.56. The average Bonchev–Trinajstić information content (AvgIpc) is 2.22. The van der Waals surface area contributed by atoms with E-state index in [1.165, 1.54) is 0 Å². The summed E-state index contributed by atoms with van der Waals surface area (Å²) in [4.78, 5) is 11.7. The SMILES string of the molecule is CCCC[C@H](N)C(=O)NC(C)CCC(C)C. The van der Waals surface area contributed by atoms with Gasteiger partial charge in [-0.15, -0.1) is 0 Å². The first-order valence-electron chi connectivity index (χ1n) is 6.53. The van der Waals surface area contributed by atoms with Crippen molar-refractivity contribution in [2.24, 2.45) is 11.7 Å². The van der Waals surface area contributed by atoms with E-state index < -0.39 is 0 Å². The van der Waals surface area contributed by atoms with E-state index in [0.29, 0.717) is 5.92 Å². The second kappa shape index (κ2) is 8.57. The van der Waals surface area contributed by atoms with E-state index in [-0.39, 0.29) is 18.0 Å². The minimum atomic E-state index is -0.332. The molecular formula is C13H28N2O. The van der Waals surface area contributed by atoms with Crippen LogP contribution in [-0.4, -0.2) is 18.0 Å². The molecule has 16 heavy (non-hydrogen) atoms. The van der Waals surface area contributed by atoms with Crippen LogP contribution in [0, 0.1) is 5.92 Å². The summed E-state index contributed by atoms with van der Waals surface area (Å²) < 4.78 is 0. The van der Waals surface area contributed by atoms with Crippen LogP contribution in [0.3, 0.4) is 0 Å². The molecule has 0 radical (unpaired) electrons. The summed E-state index contributed by atoms with van der Waals surface area (Å²) in [5.74, 6) is 0.692. The molecule has 0 saturated carbocycles. The summed E-state index contributed by atoms with van der Waals surface area (Å²) in [5.41, 5.74) is 5.80. The van der Waals surface area contributed by atoms with Gasteiger partial charge in [-0.25, -0.2) is 0 Å². The van der Waals surface area contributed by atoms with E-state index >= 15 is 0 Å². The van der Waals surface area contributed by atoms with Crippen molar-refractivity contribution in [3.8, 4) is 0 Å². The number of amides is 1. The van der Waals surface area contributed by atoms with E-state index in [9.17, 15) is 4.79 Å². The molecule has 0 aromatic carbocycles. The van der Waals surface area contributed by atoms with Gasteiger partial charge in [0, 0.05) is 6.04 Å². The fraction of sp³-hybridized carbons (Fsp3) is 0.923. The predicted molar refractivity (Wildman–Crippen MR) is 69.2 cm³/mol. The highest BCUT2D eigenvalue weighted by Crippen LogP contribution is 2.07. The molecule has 3 N–H and O–H groups in total. The number of carbonyl (C=O) groups excluding carboxylic acids is 1. The van der Waals surface area contributed by atoms with Gasteiger partial charge in [0.25, 0.3) is 0 Å². The van der Waals surface area contributed by atoms with Crippen LogP contribution < -0.4 is 11.1 Å². The Kier molecular flexibility index (Phi) is 8.26. The van der Waals surface area contributed by atoms with Gasteiger partial charge in [0.1, 0.15) is 0 Å². The maximum atomic E-state index is 11.7. The topological polar surface area (TPSA) is 55.1 Å². The van der Waals surface area contributed by atoms with E-state index in [1.807, 2.05) is 6.92 Å². The molecule has 0 saturated heterocycles. The third-order valence-electron chi connectivity index (χ3n) is 2.77. The Morgan fingerprint density at radius 1 is 1.19 bits per heavy atom. The maximum absolute atomic E-state index is 11.7. The summed E-state index contributed by atoms with van der Waals surface area (Å²) in [6.07, 6.45) is 5.08. The molecule has 0 rings (SSSR count). The Bertz CT molecular complexity index is 192. The number of hydrogen-bond acceptors (Lipinski definition) is 2. The van der Waals surface area contributed by atoms with Gasteiger partial charge in [0.05, 0.1) is 6.04 Å². The first-order chi connectivity index (χ1) is 7.47. The standard InChI is InChI=1S/C13H28N2O/c1-5-6-7-12(14)13(16)15-11(4)9-8-10(2)3/h10-12H,5-9,14H2,1-4H3,(H,15,16)/t11?,12-/m0/s1. The van der Waals surface area contributed by atoms with Crippen LogP contribution in [0.5, 0.6) is 0 Å². The van der Waals surface area contributed by atoms with Gasteiger partial charge in [-0.1, -0.05) is 33.6 Å². The molecule has 1 unspecified atom stereocenters. The summed E-state index contributed by atoms with van der Waals surface area (Å²) in [6, 6.07) is -0.0935. The Morgan fingerprint density at radius 3 is 2.31 bits per heavy atom. The molecular weight excluding hydrogens is 200 g/mol. The van der Waals surface area contributed by atoms with E-state index in [4.69, 9.17) is 5.73 Å². The van der Waals surface area contributed by atoms with Gasteiger partial charge >= 0.3 is 0 Å². The van der Waals surface area contributed by atoms with Crippen LogP contribution in [-0.2, 0) is 4.79 Å². The van der Waals surface area contributed by atoms with Crippen molar-refractivity contribution in [3.05, 3.63) is 0 Å². The molecule has 0 aromatic heterocycles. The highest BCUT2D eigenvalue weighted by molar-refractivity contribution is 5.81. The van der Waals surface area contributed by atoms with Gasteiger partial charge in [-0.3, -0.25) is 4.79 Å². The van der Waals surface area contributed by atoms with Crippen molar-refractivity contribution >= 4 is 5.91 Å². The minimum absolute atomic E-state index is 0.00436. The minimum Gasteiger partial charge on any atom is -0.352 e. The Balaban J connectivity index is 3.76. The lowest BCUT2D eigenvalue weighted by molar-refractivity contribution is -0.123. The van der Waals surface area contributed by atoms with Crippen LogP contribution in [0.4, 0.5) is 0 Å². The zero-order valence-electron chi connectivity index (χ0n) is 11.3. The molecule has 0 bridgehead atoms. The molecule has 0 spiro atoms. The third-order valence-corrected chi connectivity index (χ3v) is 2.77. The predicted octanol–water partition coefficient (Wildman–Crippen LogP) is 2.44. The number of unbranched alkanes of at least 4 members (excludes halogenated alkanes) is 1. The van der Waals surface area contributed by atoms with E-state index in [0.717, 1.165) is 32.1 Å². The van der Waals surface area contributed by atoms with Crippen molar-refractivity contribution < 1.29 is 4.79 Å². The highest BCUT2D eigenvalue weighted by Gasteiger charge is 2.14. The number of nitrogens with two attached hydrogens (primary N) is 1. The lowest BCUT2D eigenvalue weighted by Crippen LogP contribution is -2.44. The second-order valence-corrected chi connectivity index (χ2v) is 5.13. The molecule has 2 atom stereocenters. The van der Waals surface area contributed by atoms with Crippen molar-refractivity contribution in [1.82, 2.24) is 5.32 Å². The first-order valence-corrected chi connectivity index (χ1v) is 6.53. The highest BCUT2D eigenvalue weighted by atomic mass is 16.2. The number of carbonyl (C=O) groups is 1. The van der Waals surface area contributed by atoms with Crippen LogP contribution >= 0.6 is 0 Å². The quantitative estimate of drug-likeness (QED) is 0.670. The van der Waals surface area contributed by atoms with Crippen molar-refractivity contribution in [2.45, 2.75) is 71.9 Å². The Hall–Kier alpha value is -0.570. The van der Waals surface area contributed by atoms with Gasteiger partial charge in [-0.05, 0) is 32.1 Å². The molecule has 0 heterocycles. The van der Waals surface area contributed by atoms with Gasteiger partial charge in [0.15, 0.2) is 0 Å². The number of rotatable bonds is 8. The molecule has 0 aliphatic carbocycles. The van der Waals surface area contributed by atoms with Crippen LogP contribution in [0.2, 0.25) is 0 Å². The molecule has 96 valence electrons. The second-order valence-electron chi connectivity index (χ2n) is 5.13. The lowest BCUT2D eigenvalue weighted by atomic mass is 10.0. The zero-order valence-corrected chi connectivity index (χ0v) is 11.3. The van der Waals surface area contributed by atoms with Crippen molar-refractivity contribution in [1.29, 1.82) is 0 Å². The van der Waals surface area contributed by atoms with Crippen molar-refractivity contribution in [3.63, 3.8) is 0 Å². The van der Waals surface area contributed by atoms with Crippen LogP contribution in [0.15, 0.2) is 0 Å². The van der Waals surface area contributed by atoms with Gasteiger partial charge in [0.2, 0.25) is 5.91 Å². The lowest BCUT2D eigenvalue weighted by Gasteiger charge is -2.18. The third kappa shape index (κ3) is 7.69. The summed E-state index contributed by atoms with van der Waals surface area (Å²) in [7, 11) is 0. The summed E-state index contributed by atoms with van der Waals surface area (Å²) in [6.45, 7) is 8.55. The Labute approximate surface area is 100 Å². The molecule has 0 aliphatic rings. The zero-order chi connectivity index (χ0) is 12.6. The number of hydrogen-bond donors (Lipinski definition) is 2. The Morgan fingerprint density at radius 2 is 1.81 bits per heavy atom. The normalized spacial score (nSPS) is 14.9. The largest absolute Gasteiger partial charge is 0.352 e. The summed E-state index contributed by atoms with van der Waals surface area (Å²) in [5, 5.41) is 2.98. The molecule has 0 fully saturated rings. The van der Waals surface area contributed by atoms with Crippen molar-refractivity contribution in [2.75, 3.05) is 0 Å². The van der Waals surface area contributed by atoms with Gasteiger partial charge in [-0.2, -0.15) is 0 Å². The first kappa shape index (κ1) is 15.4. The smallest absolute Gasteiger partial charge is 0.237 e. The number of nitrogens with one attached hydrogen (secondary N) is 1. The van der Waals surface area contributed by atoms with Gasteiger partial charge < -0.3 is 11.1 Å². The average molecular weight is 228 g/mol. The molecule has 1 amide bonds. The molecule has 0 aliphatic heterocycles. The van der Waals surface area contributed by atoms with E-state index in [2.05, 4.69) is 26.1 Å². The fourth-order valence-corrected chi connectivity index (χ4v) is 1.56. The molecule has 3 nitrogen and oxygen atoms in total. The monoisotopic (exact) mass is 228 g/mol. The maximum Gasteiger partial charge on any atom is 0.237 e.